The highest BCUT2D eigenvalue weighted by Crippen LogP contribution is 2.24. The van der Waals surface area contributed by atoms with Gasteiger partial charge in [0.05, 0.1) is 12.2 Å². The first-order chi connectivity index (χ1) is 13.7. The van der Waals surface area contributed by atoms with Gasteiger partial charge in [0.15, 0.2) is 0 Å². The minimum Gasteiger partial charge on any atom is -0.445 e. The summed E-state index contributed by atoms with van der Waals surface area (Å²) in [7, 11) is 0. The number of piperidine rings is 1. The summed E-state index contributed by atoms with van der Waals surface area (Å²) in [5.41, 5.74) is 1.66. The minimum absolute atomic E-state index is 0.198. The predicted octanol–water partition coefficient (Wildman–Crippen LogP) is 3.32. The first kappa shape index (κ1) is 20.3. The number of carbonyl (C=O) groups excluding carboxylic acids is 1. The van der Waals surface area contributed by atoms with E-state index in [1.807, 2.05) is 55.1 Å². The van der Waals surface area contributed by atoms with Gasteiger partial charge in [-0.3, -0.25) is 0 Å². The van der Waals surface area contributed by atoms with Crippen LogP contribution < -0.4 is 0 Å². The minimum atomic E-state index is -0.489. The van der Waals surface area contributed by atoms with Crippen LogP contribution in [0.4, 0.5) is 4.79 Å². The van der Waals surface area contributed by atoms with Crippen LogP contribution in [0.3, 0.4) is 0 Å². The van der Waals surface area contributed by atoms with E-state index in [1.54, 1.807) is 4.90 Å². The molecule has 3 rings (SSSR count). The summed E-state index contributed by atoms with van der Waals surface area (Å²) < 4.78 is 18.4. The Bertz CT molecular complexity index is 723. The van der Waals surface area contributed by atoms with Crippen LogP contribution in [0.1, 0.15) is 50.3 Å². The number of amides is 1. The predicted molar refractivity (Wildman–Crippen MR) is 102 cm³/mol. The summed E-state index contributed by atoms with van der Waals surface area (Å²) in [6.07, 6.45) is 2.73. The summed E-state index contributed by atoms with van der Waals surface area (Å²) in [4.78, 5) is 14.0. The van der Waals surface area contributed by atoms with Crippen LogP contribution in [0, 0.1) is 0 Å². The molecule has 28 heavy (non-hydrogen) atoms. The SMILES string of the molecule is CCOC(OCC)c1cn(C2CCN(C(=O)OCc3ccccc3)CC2)nn1. The Hall–Kier alpha value is -2.45. The van der Waals surface area contributed by atoms with Crippen LogP contribution in [-0.4, -0.2) is 52.3 Å². The third-order valence-corrected chi connectivity index (χ3v) is 4.71. The molecule has 1 aliphatic heterocycles. The maximum atomic E-state index is 12.3. The van der Waals surface area contributed by atoms with Gasteiger partial charge in [-0.2, -0.15) is 0 Å². The van der Waals surface area contributed by atoms with E-state index in [-0.39, 0.29) is 12.1 Å². The highest BCUT2D eigenvalue weighted by atomic mass is 16.7. The van der Waals surface area contributed by atoms with E-state index in [9.17, 15) is 4.79 Å². The Morgan fingerprint density at radius 2 is 1.82 bits per heavy atom. The Labute approximate surface area is 165 Å². The van der Waals surface area contributed by atoms with Crippen molar-refractivity contribution in [1.29, 1.82) is 0 Å². The fourth-order valence-corrected chi connectivity index (χ4v) is 3.22. The quantitative estimate of drug-likeness (QED) is 0.646. The summed E-state index contributed by atoms with van der Waals surface area (Å²) >= 11 is 0. The smallest absolute Gasteiger partial charge is 0.410 e. The molecule has 0 unspecified atom stereocenters. The third kappa shape index (κ3) is 5.30. The molecule has 1 fully saturated rings. The molecule has 1 aliphatic rings. The second-order valence-electron chi connectivity index (χ2n) is 6.62. The van der Waals surface area contributed by atoms with Crippen molar-refractivity contribution in [3.63, 3.8) is 0 Å². The van der Waals surface area contributed by atoms with Crippen molar-refractivity contribution in [1.82, 2.24) is 19.9 Å². The Morgan fingerprint density at radius 1 is 1.14 bits per heavy atom. The molecule has 8 nitrogen and oxygen atoms in total. The highest BCUT2D eigenvalue weighted by Gasteiger charge is 2.26. The van der Waals surface area contributed by atoms with E-state index < -0.39 is 6.29 Å². The highest BCUT2D eigenvalue weighted by molar-refractivity contribution is 5.67. The fraction of sp³-hybridized carbons (Fsp3) is 0.550. The zero-order valence-electron chi connectivity index (χ0n) is 16.5. The van der Waals surface area contributed by atoms with Gasteiger partial charge in [-0.1, -0.05) is 35.5 Å². The second kappa shape index (κ2) is 10.2. The van der Waals surface area contributed by atoms with Crippen LogP contribution >= 0.6 is 0 Å². The molecule has 1 aromatic heterocycles. The van der Waals surface area contributed by atoms with Gasteiger partial charge in [0.25, 0.3) is 0 Å². The number of hydrogen-bond donors (Lipinski definition) is 0. The number of likely N-dealkylation sites (tertiary alicyclic amines) is 1. The van der Waals surface area contributed by atoms with Gasteiger partial charge in [-0.05, 0) is 32.3 Å². The number of rotatable bonds is 8. The monoisotopic (exact) mass is 388 g/mol. The third-order valence-electron chi connectivity index (χ3n) is 4.71. The van der Waals surface area contributed by atoms with E-state index in [0.29, 0.717) is 38.6 Å². The lowest BCUT2D eigenvalue weighted by Gasteiger charge is -2.31. The number of nitrogens with zero attached hydrogens (tertiary/aromatic N) is 4. The zero-order valence-corrected chi connectivity index (χ0v) is 16.5. The number of carbonyl (C=O) groups is 1. The largest absolute Gasteiger partial charge is 0.445 e. The lowest BCUT2D eigenvalue weighted by atomic mass is 10.1. The maximum Gasteiger partial charge on any atom is 0.410 e. The van der Waals surface area contributed by atoms with E-state index in [4.69, 9.17) is 14.2 Å². The molecule has 1 aromatic carbocycles. The molecule has 0 bridgehead atoms. The van der Waals surface area contributed by atoms with Gasteiger partial charge >= 0.3 is 6.09 Å². The standard InChI is InChI=1S/C20H28N4O4/c1-3-26-19(27-4-2)18-14-24(22-21-18)17-10-12-23(13-11-17)20(25)28-15-16-8-6-5-7-9-16/h5-9,14,17,19H,3-4,10-13,15H2,1-2H3. The molecule has 2 heterocycles. The molecule has 0 aliphatic carbocycles. The van der Waals surface area contributed by atoms with E-state index >= 15 is 0 Å². The zero-order chi connectivity index (χ0) is 19.8. The van der Waals surface area contributed by atoms with Crippen molar-refractivity contribution in [2.75, 3.05) is 26.3 Å². The van der Waals surface area contributed by atoms with Gasteiger partial charge in [0.2, 0.25) is 6.29 Å². The molecular formula is C20H28N4O4. The first-order valence-electron chi connectivity index (χ1n) is 9.81. The van der Waals surface area contributed by atoms with Crippen LogP contribution in [0.15, 0.2) is 36.5 Å². The van der Waals surface area contributed by atoms with Gasteiger partial charge < -0.3 is 19.1 Å². The molecule has 1 saturated heterocycles. The normalized spacial score (nSPS) is 15.2. The summed E-state index contributed by atoms with van der Waals surface area (Å²) in [6, 6.07) is 9.89. The van der Waals surface area contributed by atoms with Gasteiger partial charge in [0.1, 0.15) is 12.3 Å². The molecule has 1 amide bonds. The Kier molecular flexibility index (Phi) is 7.39. The lowest BCUT2D eigenvalue weighted by molar-refractivity contribution is -0.142. The van der Waals surface area contributed by atoms with E-state index in [0.717, 1.165) is 18.4 Å². The maximum absolute atomic E-state index is 12.3. The number of benzene rings is 1. The van der Waals surface area contributed by atoms with Crippen molar-refractivity contribution in [2.45, 2.75) is 45.6 Å². The summed E-state index contributed by atoms with van der Waals surface area (Å²) in [5.74, 6) is 0. The van der Waals surface area contributed by atoms with E-state index in [1.165, 1.54) is 0 Å². The average Bonchev–Trinajstić information content (AvgIpc) is 3.23. The molecule has 8 heteroatoms. The van der Waals surface area contributed by atoms with Crippen molar-refractivity contribution in [2.24, 2.45) is 0 Å². The summed E-state index contributed by atoms with van der Waals surface area (Å²) in [5, 5.41) is 8.45. The van der Waals surface area contributed by atoms with Crippen LogP contribution in [-0.2, 0) is 20.8 Å². The lowest BCUT2D eigenvalue weighted by Crippen LogP contribution is -2.39. The van der Waals surface area contributed by atoms with Gasteiger partial charge in [-0.25, -0.2) is 9.48 Å². The first-order valence-corrected chi connectivity index (χ1v) is 9.81. The average molecular weight is 388 g/mol. The summed E-state index contributed by atoms with van der Waals surface area (Å²) in [6.45, 7) is 6.48. The molecule has 0 spiro atoms. The second-order valence-corrected chi connectivity index (χ2v) is 6.62. The molecule has 0 atom stereocenters. The molecule has 2 aromatic rings. The van der Waals surface area contributed by atoms with Crippen molar-refractivity contribution >= 4 is 6.09 Å². The van der Waals surface area contributed by atoms with Gasteiger partial charge in [0, 0.05) is 26.3 Å². The van der Waals surface area contributed by atoms with Gasteiger partial charge in [-0.15, -0.1) is 5.10 Å². The van der Waals surface area contributed by atoms with Crippen LogP contribution in [0.2, 0.25) is 0 Å². The molecule has 0 radical (unpaired) electrons. The van der Waals surface area contributed by atoms with Crippen molar-refractivity contribution < 1.29 is 19.0 Å². The number of aromatic nitrogens is 3. The molecular weight excluding hydrogens is 360 g/mol. The number of hydrogen-bond acceptors (Lipinski definition) is 6. The Morgan fingerprint density at radius 3 is 2.46 bits per heavy atom. The molecule has 0 N–H and O–H groups in total. The molecule has 0 saturated carbocycles. The van der Waals surface area contributed by atoms with Crippen molar-refractivity contribution in [3.8, 4) is 0 Å². The topological polar surface area (TPSA) is 78.7 Å². The number of ether oxygens (including phenoxy) is 3. The molecule has 152 valence electrons. The van der Waals surface area contributed by atoms with Crippen LogP contribution in [0.25, 0.3) is 0 Å². The van der Waals surface area contributed by atoms with Crippen LogP contribution in [0.5, 0.6) is 0 Å². The van der Waals surface area contributed by atoms with Crippen molar-refractivity contribution in [3.05, 3.63) is 47.8 Å². The Balaban J connectivity index is 1.49. The van der Waals surface area contributed by atoms with E-state index in [2.05, 4.69) is 10.3 Å². The fourth-order valence-electron chi connectivity index (χ4n) is 3.22.